The zero-order valence-corrected chi connectivity index (χ0v) is 11.4. The highest BCUT2D eigenvalue weighted by molar-refractivity contribution is 5.94. The Bertz CT molecular complexity index is 618. The summed E-state index contributed by atoms with van der Waals surface area (Å²) >= 11 is 0. The van der Waals surface area contributed by atoms with Crippen LogP contribution in [0.5, 0.6) is 5.75 Å². The zero-order chi connectivity index (χ0) is 14.1. The number of benzene rings is 1. The minimum Gasteiger partial charge on any atom is -0.497 e. The summed E-state index contributed by atoms with van der Waals surface area (Å²) in [6.45, 7) is 1.79. The molecule has 5 nitrogen and oxygen atoms in total. The molecule has 1 amide bonds. The van der Waals surface area contributed by atoms with Crippen LogP contribution in [0.2, 0.25) is 0 Å². The number of hydrogen-bond donors (Lipinski definition) is 1. The SMILES string of the molecule is COc1ccc(C2CC2C(=O)Nc2cc(C)on2)cc1. The quantitative estimate of drug-likeness (QED) is 0.929. The summed E-state index contributed by atoms with van der Waals surface area (Å²) in [6, 6.07) is 9.57. The van der Waals surface area contributed by atoms with Crippen molar-refractivity contribution in [2.75, 3.05) is 12.4 Å². The molecule has 104 valence electrons. The van der Waals surface area contributed by atoms with Gasteiger partial charge in [-0.05, 0) is 37.0 Å². The van der Waals surface area contributed by atoms with E-state index in [2.05, 4.69) is 10.5 Å². The van der Waals surface area contributed by atoms with Crippen molar-refractivity contribution in [2.24, 2.45) is 5.92 Å². The summed E-state index contributed by atoms with van der Waals surface area (Å²) in [5, 5.41) is 6.54. The summed E-state index contributed by atoms with van der Waals surface area (Å²) in [5.74, 6) is 2.29. The Morgan fingerprint density at radius 3 is 2.75 bits per heavy atom. The number of rotatable bonds is 4. The van der Waals surface area contributed by atoms with E-state index in [9.17, 15) is 4.79 Å². The van der Waals surface area contributed by atoms with Crippen LogP contribution in [0, 0.1) is 12.8 Å². The second-order valence-corrected chi connectivity index (χ2v) is 5.03. The Morgan fingerprint density at radius 1 is 1.40 bits per heavy atom. The third kappa shape index (κ3) is 2.52. The van der Waals surface area contributed by atoms with Crippen molar-refractivity contribution in [3.05, 3.63) is 41.7 Å². The Balaban J connectivity index is 1.61. The highest BCUT2D eigenvalue weighted by Gasteiger charge is 2.44. The highest BCUT2D eigenvalue weighted by atomic mass is 16.5. The Kier molecular flexibility index (Phi) is 3.18. The first-order valence-electron chi connectivity index (χ1n) is 6.55. The molecule has 1 aromatic heterocycles. The fraction of sp³-hybridized carbons (Fsp3) is 0.333. The van der Waals surface area contributed by atoms with E-state index in [4.69, 9.17) is 9.26 Å². The van der Waals surface area contributed by atoms with Crippen molar-refractivity contribution in [1.29, 1.82) is 0 Å². The number of anilines is 1. The highest BCUT2D eigenvalue weighted by Crippen LogP contribution is 2.48. The first-order valence-corrected chi connectivity index (χ1v) is 6.55. The number of hydrogen-bond acceptors (Lipinski definition) is 4. The molecule has 20 heavy (non-hydrogen) atoms. The average molecular weight is 272 g/mol. The summed E-state index contributed by atoms with van der Waals surface area (Å²) in [5.41, 5.74) is 1.17. The minimum atomic E-state index is -0.000817. The largest absolute Gasteiger partial charge is 0.497 e. The van der Waals surface area contributed by atoms with Crippen LogP contribution in [0.25, 0.3) is 0 Å². The number of nitrogens with zero attached hydrogens (tertiary/aromatic N) is 1. The van der Waals surface area contributed by atoms with Crippen molar-refractivity contribution in [3.8, 4) is 5.75 Å². The summed E-state index contributed by atoms with van der Waals surface area (Å²) < 4.78 is 10.1. The predicted octanol–water partition coefficient (Wildman–Crippen LogP) is 2.73. The zero-order valence-electron chi connectivity index (χ0n) is 11.4. The molecule has 0 radical (unpaired) electrons. The molecule has 1 heterocycles. The van der Waals surface area contributed by atoms with Crippen LogP contribution in [-0.4, -0.2) is 18.2 Å². The van der Waals surface area contributed by atoms with Gasteiger partial charge in [0.1, 0.15) is 11.5 Å². The second-order valence-electron chi connectivity index (χ2n) is 5.03. The number of amides is 1. The molecule has 1 aliphatic rings. The molecule has 0 spiro atoms. The molecule has 0 aliphatic heterocycles. The molecule has 1 aliphatic carbocycles. The van der Waals surface area contributed by atoms with Crippen LogP contribution < -0.4 is 10.1 Å². The first-order chi connectivity index (χ1) is 9.67. The third-order valence-corrected chi connectivity index (χ3v) is 3.55. The molecule has 2 unspecified atom stereocenters. The van der Waals surface area contributed by atoms with Gasteiger partial charge < -0.3 is 14.6 Å². The van der Waals surface area contributed by atoms with Crippen molar-refractivity contribution < 1.29 is 14.1 Å². The maximum atomic E-state index is 12.1. The number of aryl methyl sites for hydroxylation is 1. The molecule has 1 N–H and O–H groups in total. The molecule has 2 atom stereocenters. The third-order valence-electron chi connectivity index (χ3n) is 3.55. The van der Waals surface area contributed by atoms with E-state index in [1.165, 1.54) is 5.56 Å². The molecular weight excluding hydrogens is 256 g/mol. The van der Waals surface area contributed by atoms with Crippen molar-refractivity contribution in [2.45, 2.75) is 19.3 Å². The maximum Gasteiger partial charge on any atom is 0.229 e. The lowest BCUT2D eigenvalue weighted by molar-refractivity contribution is -0.117. The molecule has 1 aromatic carbocycles. The van der Waals surface area contributed by atoms with E-state index in [-0.39, 0.29) is 17.7 Å². The lowest BCUT2D eigenvalue weighted by Gasteiger charge is -2.03. The number of nitrogens with one attached hydrogen (secondary N) is 1. The van der Waals surface area contributed by atoms with Crippen molar-refractivity contribution >= 4 is 11.7 Å². The fourth-order valence-corrected chi connectivity index (χ4v) is 2.35. The van der Waals surface area contributed by atoms with Crippen molar-refractivity contribution in [1.82, 2.24) is 5.16 Å². The van der Waals surface area contributed by atoms with Gasteiger partial charge in [-0.15, -0.1) is 0 Å². The summed E-state index contributed by atoms with van der Waals surface area (Å²) in [4.78, 5) is 12.1. The molecule has 5 heteroatoms. The molecule has 0 bridgehead atoms. The Hall–Kier alpha value is -2.30. The Morgan fingerprint density at radius 2 is 2.15 bits per heavy atom. The smallest absolute Gasteiger partial charge is 0.229 e. The predicted molar refractivity (Wildman–Crippen MR) is 73.7 cm³/mol. The lowest BCUT2D eigenvalue weighted by atomic mass is 10.1. The second kappa shape index (κ2) is 5.00. The van der Waals surface area contributed by atoms with Gasteiger partial charge in [-0.3, -0.25) is 4.79 Å². The molecular formula is C15H16N2O3. The topological polar surface area (TPSA) is 64.4 Å². The van der Waals surface area contributed by atoms with Crippen LogP contribution in [-0.2, 0) is 4.79 Å². The number of ether oxygens (including phenoxy) is 1. The van der Waals surface area contributed by atoms with Gasteiger partial charge in [-0.1, -0.05) is 17.3 Å². The number of carbonyl (C=O) groups excluding carboxylic acids is 1. The van der Waals surface area contributed by atoms with Crippen LogP contribution in [0.4, 0.5) is 5.82 Å². The fourth-order valence-electron chi connectivity index (χ4n) is 2.35. The molecule has 3 rings (SSSR count). The lowest BCUT2D eigenvalue weighted by Crippen LogP contribution is -2.14. The number of carbonyl (C=O) groups is 1. The standard InChI is InChI=1S/C15H16N2O3/c1-9-7-14(17-20-9)16-15(18)13-8-12(13)10-3-5-11(19-2)6-4-10/h3-7,12-13H,8H2,1-2H3,(H,16,17,18). The van der Waals surface area contributed by atoms with Gasteiger partial charge in [-0.2, -0.15) is 0 Å². The van der Waals surface area contributed by atoms with E-state index < -0.39 is 0 Å². The van der Waals surface area contributed by atoms with Crippen LogP contribution in [0.1, 0.15) is 23.7 Å². The van der Waals surface area contributed by atoms with Gasteiger partial charge in [-0.25, -0.2) is 0 Å². The number of methoxy groups -OCH3 is 1. The van der Waals surface area contributed by atoms with E-state index >= 15 is 0 Å². The van der Waals surface area contributed by atoms with Gasteiger partial charge in [0.05, 0.1) is 7.11 Å². The molecule has 1 saturated carbocycles. The molecule has 0 saturated heterocycles. The number of aromatic nitrogens is 1. The Labute approximate surface area is 116 Å². The molecule has 2 aromatic rings. The van der Waals surface area contributed by atoms with E-state index in [1.54, 1.807) is 20.1 Å². The summed E-state index contributed by atoms with van der Waals surface area (Å²) in [7, 11) is 1.64. The monoisotopic (exact) mass is 272 g/mol. The van der Waals surface area contributed by atoms with E-state index in [1.807, 2.05) is 24.3 Å². The van der Waals surface area contributed by atoms with E-state index in [0.29, 0.717) is 11.6 Å². The van der Waals surface area contributed by atoms with Crippen molar-refractivity contribution in [3.63, 3.8) is 0 Å². The minimum absolute atomic E-state index is 0.000817. The normalized spacial score (nSPS) is 20.5. The maximum absolute atomic E-state index is 12.1. The van der Waals surface area contributed by atoms with Gasteiger partial charge in [0, 0.05) is 12.0 Å². The molecule has 1 fully saturated rings. The van der Waals surface area contributed by atoms with Gasteiger partial charge in [0.25, 0.3) is 0 Å². The van der Waals surface area contributed by atoms with Crippen LogP contribution in [0.15, 0.2) is 34.9 Å². The summed E-state index contributed by atoms with van der Waals surface area (Å²) in [6.07, 6.45) is 0.870. The van der Waals surface area contributed by atoms with Crippen LogP contribution in [0.3, 0.4) is 0 Å². The first kappa shape index (κ1) is 12.7. The van der Waals surface area contributed by atoms with Crippen LogP contribution >= 0.6 is 0 Å². The van der Waals surface area contributed by atoms with Gasteiger partial charge in [0.2, 0.25) is 5.91 Å². The van der Waals surface area contributed by atoms with E-state index in [0.717, 1.165) is 12.2 Å². The average Bonchev–Trinajstić information content (AvgIpc) is 3.17. The van der Waals surface area contributed by atoms with Gasteiger partial charge >= 0.3 is 0 Å². The van der Waals surface area contributed by atoms with Gasteiger partial charge in [0.15, 0.2) is 5.82 Å².